The number of benzene rings is 1. The van der Waals surface area contributed by atoms with Crippen molar-refractivity contribution < 1.29 is 5.11 Å². The Balaban J connectivity index is 1.49. The molecular weight excluding hydrogens is 266 g/mol. The summed E-state index contributed by atoms with van der Waals surface area (Å²) in [5.74, 6) is 0. The zero-order chi connectivity index (χ0) is 14.5. The molecule has 0 radical (unpaired) electrons. The number of nitrogens with one attached hydrogen (secondary N) is 2. The van der Waals surface area contributed by atoms with Crippen LogP contribution in [0.3, 0.4) is 0 Å². The lowest BCUT2D eigenvalue weighted by molar-refractivity contribution is 0.268. The van der Waals surface area contributed by atoms with Crippen LogP contribution < -0.4 is 5.32 Å². The Morgan fingerprint density at radius 1 is 1.29 bits per heavy atom. The van der Waals surface area contributed by atoms with Crippen molar-refractivity contribution in [2.24, 2.45) is 0 Å². The number of H-pyrrole nitrogens is 1. The summed E-state index contributed by atoms with van der Waals surface area (Å²) < 4.78 is 1.65. The maximum Gasteiger partial charge on any atom is 0.0964 e. The van der Waals surface area contributed by atoms with E-state index in [0.717, 1.165) is 18.7 Å². The molecule has 0 aliphatic rings. The molecule has 3 rings (SSSR count). The summed E-state index contributed by atoms with van der Waals surface area (Å²) in [6.07, 6.45) is 4.90. The average Bonchev–Trinajstić information content (AvgIpc) is 3.11. The minimum absolute atomic E-state index is 0.0802. The third kappa shape index (κ3) is 3.29. The van der Waals surface area contributed by atoms with Gasteiger partial charge in [0.25, 0.3) is 0 Å². The van der Waals surface area contributed by atoms with Crippen LogP contribution in [-0.2, 0) is 19.5 Å². The maximum atomic E-state index is 8.83. The molecule has 21 heavy (non-hydrogen) atoms. The summed E-state index contributed by atoms with van der Waals surface area (Å²) in [6, 6.07) is 8.33. The van der Waals surface area contributed by atoms with Crippen molar-refractivity contribution in [3.63, 3.8) is 0 Å². The van der Waals surface area contributed by atoms with Crippen LogP contribution >= 0.6 is 0 Å². The van der Waals surface area contributed by atoms with E-state index in [-0.39, 0.29) is 6.61 Å². The Hall–Kier alpha value is -2.18. The van der Waals surface area contributed by atoms with E-state index in [0.29, 0.717) is 13.1 Å². The Labute approximate surface area is 122 Å². The number of hydrogen-bond donors (Lipinski definition) is 3. The molecule has 0 spiro atoms. The molecule has 0 saturated heterocycles. The van der Waals surface area contributed by atoms with E-state index < -0.39 is 0 Å². The Morgan fingerprint density at radius 3 is 3.10 bits per heavy atom. The van der Waals surface area contributed by atoms with Crippen LogP contribution in [0.25, 0.3) is 10.9 Å². The molecule has 2 heterocycles. The molecule has 3 N–H and O–H groups in total. The van der Waals surface area contributed by atoms with Gasteiger partial charge in [-0.05, 0) is 24.6 Å². The molecule has 0 unspecified atom stereocenters. The zero-order valence-electron chi connectivity index (χ0n) is 11.8. The van der Waals surface area contributed by atoms with Gasteiger partial charge in [-0.2, -0.15) is 0 Å². The third-order valence-corrected chi connectivity index (χ3v) is 3.47. The van der Waals surface area contributed by atoms with Crippen molar-refractivity contribution >= 4 is 10.9 Å². The number of aromatic nitrogens is 4. The zero-order valence-corrected chi connectivity index (χ0v) is 11.8. The molecule has 0 saturated carbocycles. The molecule has 0 aliphatic heterocycles. The van der Waals surface area contributed by atoms with E-state index >= 15 is 0 Å². The first-order chi connectivity index (χ1) is 10.4. The molecule has 0 atom stereocenters. The van der Waals surface area contributed by atoms with Crippen LogP contribution in [0.15, 0.2) is 36.7 Å². The van der Waals surface area contributed by atoms with Crippen molar-refractivity contribution in [3.8, 4) is 0 Å². The summed E-state index contributed by atoms with van der Waals surface area (Å²) in [7, 11) is 0. The topological polar surface area (TPSA) is 78.8 Å². The Bertz CT molecular complexity index is 703. The monoisotopic (exact) mass is 285 g/mol. The minimum Gasteiger partial charge on any atom is -0.394 e. The predicted octanol–water partition coefficient (Wildman–Crippen LogP) is 1.08. The second-order valence-corrected chi connectivity index (χ2v) is 4.98. The van der Waals surface area contributed by atoms with Gasteiger partial charge in [0.05, 0.1) is 18.8 Å². The quantitative estimate of drug-likeness (QED) is 0.568. The van der Waals surface area contributed by atoms with Crippen molar-refractivity contribution in [2.45, 2.75) is 19.5 Å². The van der Waals surface area contributed by atoms with Crippen LogP contribution in [-0.4, -0.2) is 38.2 Å². The second-order valence-electron chi connectivity index (χ2n) is 4.98. The van der Waals surface area contributed by atoms with E-state index in [2.05, 4.69) is 45.0 Å². The lowest BCUT2D eigenvalue weighted by Crippen LogP contribution is -2.16. The number of rotatable bonds is 7. The molecule has 0 aliphatic carbocycles. The maximum absolute atomic E-state index is 8.83. The van der Waals surface area contributed by atoms with Crippen LogP contribution in [0.2, 0.25) is 0 Å². The van der Waals surface area contributed by atoms with Crippen LogP contribution in [0.5, 0.6) is 0 Å². The molecule has 6 heteroatoms. The number of aliphatic hydroxyl groups excluding tert-OH is 1. The minimum atomic E-state index is 0.0802. The van der Waals surface area contributed by atoms with Gasteiger partial charge in [0.1, 0.15) is 0 Å². The van der Waals surface area contributed by atoms with E-state index in [9.17, 15) is 0 Å². The van der Waals surface area contributed by atoms with Gasteiger partial charge in [-0.25, -0.2) is 4.68 Å². The van der Waals surface area contributed by atoms with Crippen molar-refractivity contribution in [2.75, 3.05) is 13.2 Å². The van der Waals surface area contributed by atoms with Gasteiger partial charge in [0.15, 0.2) is 0 Å². The highest BCUT2D eigenvalue weighted by Crippen LogP contribution is 2.17. The standard InChI is InChI=1S/C15H19N5O/c21-8-7-20-11-13(18-19-20)10-16-6-5-12-9-17-15-4-2-1-3-14(12)15/h1-4,9,11,16-17,21H,5-8,10H2. The fraction of sp³-hybridized carbons (Fsp3) is 0.333. The van der Waals surface area contributed by atoms with Crippen LogP contribution in [0, 0.1) is 0 Å². The summed E-state index contributed by atoms with van der Waals surface area (Å²) in [5, 5.41) is 21.5. The lowest BCUT2D eigenvalue weighted by Gasteiger charge is -2.01. The lowest BCUT2D eigenvalue weighted by atomic mass is 10.1. The van der Waals surface area contributed by atoms with Gasteiger partial charge in [0.2, 0.25) is 0 Å². The first-order valence-corrected chi connectivity index (χ1v) is 7.12. The number of para-hydroxylation sites is 1. The smallest absolute Gasteiger partial charge is 0.0964 e. The number of nitrogens with zero attached hydrogens (tertiary/aromatic N) is 3. The number of hydrogen-bond acceptors (Lipinski definition) is 4. The highest BCUT2D eigenvalue weighted by Gasteiger charge is 2.03. The van der Waals surface area contributed by atoms with Gasteiger partial charge >= 0.3 is 0 Å². The van der Waals surface area contributed by atoms with Gasteiger partial charge in [-0.15, -0.1) is 5.10 Å². The molecule has 0 fully saturated rings. The SMILES string of the molecule is OCCn1cc(CNCCc2c[nH]c3ccccc23)nn1. The Kier molecular flexibility index (Phi) is 4.28. The fourth-order valence-corrected chi connectivity index (χ4v) is 2.41. The largest absolute Gasteiger partial charge is 0.394 e. The van der Waals surface area contributed by atoms with Crippen LogP contribution in [0.4, 0.5) is 0 Å². The summed E-state index contributed by atoms with van der Waals surface area (Å²) in [4.78, 5) is 3.29. The molecule has 1 aromatic carbocycles. The fourth-order valence-electron chi connectivity index (χ4n) is 2.41. The molecule has 3 aromatic rings. The van der Waals surface area contributed by atoms with Gasteiger partial charge in [-0.3, -0.25) is 0 Å². The first kappa shape index (κ1) is 13.8. The van der Waals surface area contributed by atoms with Crippen LogP contribution in [0.1, 0.15) is 11.3 Å². The highest BCUT2D eigenvalue weighted by atomic mass is 16.3. The van der Waals surface area contributed by atoms with Gasteiger partial charge in [-0.1, -0.05) is 23.4 Å². The van der Waals surface area contributed by atoms with Crippen molar-refractivity contribution in [1.29, 1.82) is 0 Å². The van der Waals surface area contributed by atoms with E-state index in [1.807, 2.05) is 12.3 Å². The first-order valence-electron chi connectivity index (χ1n) is 7.12. The van der Waals surface area contributed by atoms with Gasteiger partial charge < -0.3 is 15.4 Å². The molecule has 2 aromatic heterocycles. The number of aromatic amines is 1. The highest BCUT2D eigenvalue weighted by molar-refractivity contribution is 5.83. The molecule has 6 nitrogen and oxygen atoms in total. The molecular formula is C15H19N5O. The number of aliphatic hydroxyl groups is 1. The summed E-state index contributed by atoms with van der Waals surface area (Å²) >= 11 is 0. The molecule has 0 amide bonds. The van der Waals surface area contributed by atoms with E-state index in [1.165, 1.54) is 16.5 Å². The van der Waals surface area contributed by atoms with Crippen molar-refractivity contribution in [3.05, 3.63) is 47.9 Å². The van der Waals surface area contributed by atoms with E-state index in [1.54, 1.807) is 4.68 Å². The normalized spacial score (nSPS) is 11.3. The van der Waals surface area contributed by atoms with Gasteiger partial charge in [0, 0.05) is 29.8 Å². The second kappa shape index (κ2) is 6.51. The average molecular weight is 285 g/mol. The number of fused-ring (bicyclic) bond motifs is 1. The van der Waals surface area contributed by atoms with Crippen molar-refractivity contribution in [1.82, 2.24) is 25.3 Å². The summed E-state index contributed by atoms with van der Waals surface area (Å²) in [6.45, 7) is 2.14. The molecule has 110 valence electrons. The Morgan fingerprint density at radius 2 is 2.19 bits per heavy atom. The predicted molar refractivity (Wildman–Crippen MR) is 80.8 cm³/mol. The van der Waals surface area contributed by atoms with E-state index in [4.69, 9.17) is 5.11 Å². The third-order valence-electron chi connectivity index (χ3n) is 3.47. The molecule has 0 bridgehead atoms. The summed E-state index contributed by atoms with van der Waals surface area (Å²) in [5.41, 5.74) is 3.39.